The third kappa shape index (κ3) is 3.28. The Morgan fingerprint density at radius 1 is 1.21 bits per heavy atom. The highest BCUT2D eigenvalue weighted by Gasteiger charge is 2.34. The van der Waals surface area contributed by atoms with Crippen molar-refractivity contribution in [1.29, 1.82) is 0 Å². The number of aromatic nitrogens is 2. The number of benzene rings is 1. The van der Waals surface area contributed by atoms with Crippen LogP contribution >= 0.6 is 0 Å². The largest absolute Gasteiger partial charge is 0.488 e. The Hall–Kier alpha value is -2.19. The molecule has 154 valence electrons. The van der Waals surface area contributed by atoms with Crippen LogP contribution in [0.25, 0.3) is 11.3 Å². The van der Waals surface area contributed by atoms with Gasteiger partial charge in [-0.2, -0.15) is 0 Å². The van der Waals surface area contributed by atoms with Crippen LogP contribution < -0.4 is 14.4 Å². The van der Waals surface area contributed by atoms with Crippen molar-refractivity contribution in [3.63, 3.8) is 0 Å². The lowest BCUT2D eigenvalue weighted by molar-refractivity contribution is 0.221. The van der Waals surface area contributed by atoms with Crippen LogP contribution in [0.2, 0.25) is 0 Å². The van der Waals surface area contributed by atoms with Gasteiger partial charge in [0, 0.05) is 35.0 Å². The first kappa shape index (κ1) is 18.8. The molecule has 0 amide bonds. The smallest absolute Gasteiger partial charge is 0.226 e. The molecule has 8 heteroatoms. The Kier molecular flexibility index (Phi) is 4.33. The molecule has 29 heavy (non-hydrogen) atoms. The minimum absolute atomic E-state index is 0.261. The van der Waals surface area contributed by atoms with Crippen molar-refractivity contribution in [2.24, 2.45) is 0 Å². The molecule has 1 saturated heterocycles. The van der Waals surface area contributed by atoms with Crippen LogP contribution in [0.4, 0.5) is 5.95 Å². The second kappa shape index (κ2) is 6.67. The van der Waals surface area contributed by atoms with Gasteiger partial charge in [-0.15, -0.1) is 0 Å². The SMILES string of the molecule is C[C@@H]1Oc2cc(-c3nc(N4CC[C@@H]4C)nc4c3CCC4)ccc2[C@@H]1NS(C)(=O)=O. The van der Waals surface area contributed by atoms with Gasteiger partial charge in [-0.3, -0.25) is 0 Å². The third-order valence-electron chi connectivity index (χ3n) is 6.24. The molecule has 0 radical (unpaired) electrons. The molecule has 2 aliphatic heterocycles. The summed E-state index contributed by atoms with van der Waals surface area (Å²) in [5.41, 5.74) is 5.26. The number of nitrogens with one attached hydrogen (secondary N) is 1. The summed E-state index contributed by atoms with van der Waals surface area (Å²) < 4.78 is 32.1. The number of sulfonamides is 1. The first-order valence-corrected chi connectivity index (χ1v) is 12.1. The van der Waals surface area contributed by atoms with Crippen molar-refractivity contribution in [1.82, 2.24) is 14.7 Å². The van der Waals surface area contributed by atoms with Gasteiger partial charge in [-0.1, -0.05) is 12.1 Å². The maximum Gasteiger partial charge on any atom is 0.226 e. The highest BCUT2D eigenvalue weighted by molar-refractivity contribution is 7.88. The minimum Gasteiger partial charge on any atom is -0.488 e. The third-order valence-corrected chi connectivity index (χ3v) is 6.93. The molecule has 1 fully saturated rings. The van der Waals surface area contributed by atoms with Crippen LogP contribution in [-0.4, -0.2) is 43.3 Å². The Balaban J connectivity index is 1.55. The maximum atomic E-state index is 11.7. The molecule has 7 nitrogen and oxygen atoms in total. The zero-order valence-electron chi connectivity index (χ0n) is 17.0. The molecule has 3 aliphatic rings. The summed E-state index contributed by atoms with van der Waals surface area (Å²) in [6.45, 7) is 5.09. The standard InChI is InChI=1S/C21H26N4O3S/c1-12-9-10-25(12)21-22-17-6-4-5-15(17)20(23-21)14-7-8-16-18(11-14)28-13(2)19(16)24-29(3,26)27/h7-8,11-13,19,24H,4-6,9-10H2,1-3H3/t12-,13-,19+/m0/s1. The van der Waals surface area contributed by atoms with Gasteiger partial charge in [0.05, 0.1) is 18.0 Å². The van der Waals surface area contributed by atoms with E-state index in [-0.39, 0.29) is 12.1 Å². The van der Waals surface area contributed by atoms with Gasteiger partial charge in [0.25, 0.3) is 0 Å². The van der Waals surface area contributed by atoms with Gasteiger partial charge in [0.1, 0.15) is 11.9 Å². The van der Waals surface area contributed by atoms with Gasteiger partial charge >= 0.3 is 0 Å². The van der Waals surface area contributed by atoms with E-state index in [0.29, 0.717) is 6.04 Å². The van der Waals surface area contributed by atoms with E-state index in [1.54, 1.807) is 0 Å². The number of hydrogen-bond donors (Lipinski definition) is 1. The van der Waals surface area contributed by atoms with Crippen molar-refractivity contribution in [2.45, 2.75) is 57.7 Å². The molecule has 1 aromatic heterocycles. The van der Waals surface area contributed by atoms with Crippen molar-refractivity contribution in [2.75, 3.05) is 17.7 Å². The highest BCUT2D eigenvalue weighted by atomic mass is 32.2. The monoisotopic (exact) mass is 414 g/mol. The number of anilines is 1. The lowest BCUT2D eigenvalue weighted by Crippen LogP contribution is -2.46. The average Bonchev–Trinajstić information content (AvgIpc) is 3.23. The number of nitrogens with zero attached hydrogens (tertiary/aromatic N) is 3. The van der Waals surface area contributed by atoms with Crippen LogP contribution in [0.1, 0.15) is 49.6 Å². The van der Waals surface area contributed by atoms with Gasteiger partial charge in [0.15, 0.2) is 0 Å². The summed E-state index contributed by atoms with van der Waals surface area (Å²) in [5.74, 6) is 1.55. The molecule has 5 rings (SSSR count). The van der Waals surface area contributed by atoms with E-state index >= 15 is 0 Å². The zero-order chi connectivity index (χ0) is 20.3. The molecule has 3 atom stereocenters. The van der Waals surface area contributed by atoms with Crippen LogP contribution in [0, 0.1) is 0 Å². The molecular formula is C21H26N4O3S. The summed E-state index contributed by atoms with van der Waals surface area (Å²) in [7, 11) is -3.33. The van der Waals surface area contributed by atoms with Gasteiger partial charge < -0.3 is 9.64 Å². The van der Waals surface area contributed by atoms with Gasteiger partial charge in [0.2, 0.25) is 16.0 Å². The van der Waals surface area contributed by atoms with E-state index in [2.05, 4.69) is 16.5 Å². The fourth-order valence-corrected chi connectivity index (χ4v) is 5.33. The Morgan fingerprint density at radius 3 is 2.72 bits per heavy atom. The molecular weight excluding hydrogens is 388 g/mol. The summed E-state index contributed by atoms with van der Waals surface area (Å²) in [5, 5.41) is 0. The predicted octanol–water partition coefficient (Wildman–Crippen LogP) is 2.60. The quantitative estimate of drug-likeness (QED) is 0.828. The van der Waals surface area contributed by atoms with Crippen LogP contribution in [-0.2, 0) is 22.9 Å². The highest BCUT2D eigenvalue weighted by Crippen LogP contribution is 2.41. The average molecular weight is 415 g/mol. The van der Waals surface area contributed by atoms with Crippen molar-refractivity contribution in [3.8, 4) is 17.0 Å². The molecule has 0 spiro atoms. The first-order chi connectivity index (χ1) is 13.8. The summed E-state index contributed by atoms with van der Waals surface area (Å²) in [4.78, 5) is 12.1. The lowest BCUT2D eigenvalue weighted by Gasteiger charge is -2.39. The minimum atomic E-state index is -3.33. The molecule has 0 bridgehead atoms. The molecule has 3 heterocycles. The first-order valence-electron chi connectivity index (χ1n) is 10.2. The van der Waals surface area contributed by atoms with E-state index < -0.39 is 10.0 Å². The van der Waals surface area contributed by atoms with E-state index in [4.69, 9.17) is 14.7 Å². The molecule has 1 aromatic carbocycles. The normalized spacial score (nSPS) is 25.3. The van der Waals surface area contributed by atoms with Crippen molar-refractivity contribution < 1.29 is 13.2 Å². The topological polar surface area (TPSA) is 84.4 Å². The Labute approximate surface area is 171 Å². The van der Waals surface area contributed by atoms with Gasteiger partial charge in [-0.05, 0) is 45.6 Å². The van der Waals surface area contributed by atoms with E-state index in [1.165, 1.54) is 18.2 Å². The fraction of sp³-hybridized carbons (Fsp3) is 0.524. The molecule has 1 aliphatic carbocycles. The maximum absolute atomic E-state index is 11.7. The molecule has 2 aromatic rings. The fourth-order valence-electron chi connectivity index (χ4n) is 4.55. The summed E-state index contributed by atoms with van der Waals surface area (Å²) in [6, 6.07) is 6.10. The number of ether oxygens (including phenoxy) is 1. The number of hydrogen-bond acceptors (Lipinski definition) is 6. The molecule has 0 saturated carbocycles. The van der Waals surface area contributed by atoms with Crippen LogP contribution in [0.15, 0.2) is 18.2 Å². The number of aryl methyl sites for hydroxylation is 1. The lowest BCUT2D eigenvalue weighted by atomic mass is 10.00. The summed E-state index contributed by atoms with van der Waals surface area (Å²) in [6.07, 6.45) is 5.19. The predicted molar refractivity (Wildman–Crippen MR) is 112 cm³/mol. The van der Waals surface area contributed by atoms with Crippen molar-refractivity contribution >= 4 is 16.0 Å². The Bertz CT molecular complexity index is 1090. The van der Waals surface area contributed by atoms with E-state index in [0.717, 1.165) is 60.0 Å². The molecule has 0 unspecified atom stereocenters. The zero-order valence-corrected chi connectivity index (χ0v) is 17.8. The van der Waals surface area contributed by atoms with E-state index in [9.17, 15) is 8.42 Å². The second-order valence-electron chi connectivity index (χ2n) is 8.43. The number of fused-ring (bicyclic) bond motifs is 2. The Morgan fingerprint density at radius 2 is 2.03 bits per heavy atom. The second-order valence-corrected chi connectivity index (χ2v) is 10.2. The van der Waals surface area contributed by atoms with Gasteiger partial charge in [-0.25, -0.2) is 23.1 Å². The van der Waals surface area contributed by atoms with Crippen LogP contribution in [0.3, 0.4) is 0 Å². The molecule has 1 N–H and O–H groups in total. The van der Waals surface area contributed by atoms with Crippen molar-refractivity contribution in [3.05, 3.63) is 35.0 Å². The summed E-state index contributed by atoms with van der Waals surface area (Å²) >= 11 is 0. The number of rotatable bonds is 4. The van der Waals surface area contributed by atoms with E-state index in [1.807, 2.05) is 25.1 Å². The van der Waals surface area contributed by atoms with Crippen LogP contribution in [0.5, 0.6) is 5.75 Å².